The Bertz CT molecular complexity index is 305. The molecule has 0 aromatic heterocycles. The minimum Gasteiger partial charge on any atom is -0.352 e. The average Bonchev–Trinajstić information content (AvgIpc) is 1.99. The molecule has 1 aromatic rings. The molecule has 0 spiro atoms. The van der Waals surface area contributed by atoms with Crippen LogP contribution in [-0.4, -0.2) is 5.91 Å². The molecule has 1 amide bonds. The summed E-state index contributed by atoms with van der Waals surface area (Å²) in [6.07, 6.45) is 0. The number of carbonyl (C=O) groups is 1. The van der Waals surface area contributed by atoms with Crippen LogP contribution in [0.25, 0.3) is 0 Å². The number of nitrogens with one attached hydrogen (secondary N) is 1. The van der Waals surface area contributed by atoms with E-state index >= 15 is 0 Å². The first-order valence-corrected chi connectivity index (χ1v) is 4.53. The fourth-order valence-electron chi connectivity index (χ4n) is 0.940. The molecule has 0 atom stereocenters. The molecule has 0 radical (unpaired) electrons. The fraction of sp³-hybridized carbons (Fsp3) is 0.222. The molecule has 1 aromatic carbocycles. The molecule has 1 rings (SSSR count). The molecule has 0 unspecified atom stereocenters. The normalized spacial score (nSPS) is 9.77. The number of carbonyl (C=O) groups excluding carboxylic acids is 1. The molecule has 0 saturated carbocycles. The van der Waals surface area contributed by atoms with Gasteiger partial charge in [-0.2, -0.15) is 0 Å². The van der Waals surface area contributed by atoms with E-state index in [9.17, 15) is 4.79 Å². The number of amides is 1. The Kier molecular flexibility index (Phi) is 3.58. The van der Waals surface area contributed by atoms with Crippen molar-refractivity contribution >= 4 is 29.1 Å². The Hall–Kier alpha value is -0.730. The number of rotatable bonds is 2. The zero-order valence-corrected chi connectivity index (χ0v) is 8.62. The number of halogens is 2. The Morgan fingerprint density at radius 3 is 2.31 bits per heavy atom. The molecule has 0 saturated heterocycles. The highest BCUT2D eigenvalue weighted by Crippen LogP contribution is 2.18. The number of hydrogen-bond donors (Lipinski definition) is 1. The van der Waals surface area contributed by atoms with Crippen molar-refractivity contribution in [1.29, 1.82) is 0 Å². The molecule has 0 aliphatic rings. The van der Waals surface area contributed by atoms with Crippen LogP contribution in [0.4, 0.5) is 0 Å². The Morgan fingerprint density at radius 1 is 1.31 bits per heavy atom. The van der Waals surface area contributed by atoms with Crippen LogP contribution in [0.5, 0.6) is 0 Å². The molecular weight excluding hydrogens is 209 g/mol. The van der Waals surface area contributed by atoms with Crippen molar-refractivity contribution in [3.05, 3.63) is 33.8 Å². The molecule has 0 heterocycles. The maximum atomic E-state index is 10.6. The van der Waals surface area contributed by atoms with E-state index in [0.29, 0.717) is 16.6 Å². The summed E-state index contributed by atoms with van der Waals surface area (Å²) in [7, 11) is 0. The summed E-state index contributed by atoms with van der Waals surface area (Å²) in [6.45, 7) is 1.92. The Labute approximate surface area is 86.8 Å². The van der Waals surface area contributed by atoms with E-state index in [1.165, 1.54) is 6.92 Å². The van der Waals surface area contributed by atoms with E-state index in [1.54, 1.807) is 18.2 Å². The van der Waals surface area contributed by atoms with Gasteiger partial charge < -0.3 is 5.32 Å². The first-order valence-electron chi connectivity index (χ1n) is 3.77. The summed E-state index contributed by atoms with van der Waals surface area (Å²) < 4.78 is 0. The summed E-state index contributed by atoms with van der Waals surface area (Å²) in [5.74, 6) is -0.0731. The summed E-state index contributed by atoms with van der Waals surface area (Å²) in [6, 6.07) is 5.19. The molecule has 4 heteroatoms. The van der Waals surface area contributed by atoms with E-state index in [0.717, 1.165) is 5.56 Å². The zero-order valence-electron chi connectivity index (χ0n) is 7.10. The van der Waals surface area contributed by atoms with Crippen molar-refractivity contribution in [2.75, 3.05) is 0 Å². The van der Waals surface area contributed by atoms with Crippen LogP contribution >= 0.6 is 23.2 Å². The molecule has 1 N–H and O–H groups in total. The summed E-state index contributed by atoms with van der Waals surface area (Å²) >= 11 is 11.5. The van der Waals surface area contributed by atoms with Gasteiger partial charge in [0.25, 0.3) is 0 Å². The van der Waals surface area contributed by atoms with Gasteiger partial charge >= 0.3 is 0 Å². The molecule has 0 aliphatic heterocycles. The van der Waals surface area contributed by atoms with Crippen molar-refractivity contribution < 1.29 is 4.79 Å². The van der Waals surface area contributed by atoms with Gasteiger partial charge in [0.15, 0.2) is 0 Å². The second-order valence-corrected chi connectivity index (χ2v) is 3.56. The first kappa shape index (κ1) is 10.4. The van der Waals surface area contributed by atoms with Crippen molar-refractivity contribution in [2.24, 2.45) is 0 Å². The average molecular weight is 218 g/mol. The predicted molar refractivity (Wildman–Crippen MR) is 54.0 cm³/mol. The Morgan fingerprint density at radius 2 is 1.85 bits per heavy atom. The topological polar surface area (TPSA) is 29.1 Å². The van der Waals surface area contributed by atoms with Crippen LogP contribution in [0.2, 0.25) is 10.0 Å². The smallest absolute Gasteiger partial charge is 0.217 e. The second kappa shape index (κ2) is 4.49. The van der Waals surface area contributed by atoms with E-state index in [-0.39, 0.29) is 5.91 Å². The van der Waals surface area contributed by atoms with Gasteiger partial charge in [-0.25, -0.2) is 0 Å². The fourth-order valence-corrected chi connectivity index (χ4v) is 1.51. The lowest BCUT2D eigenvalue weighted by Gasteiger charge is -2.03. The predicted octanol–water partition coefficient (Wildman–Crippen LogP) is 2.63. The third-order valence-electron chi connectivity index (χ3n) is 1.46. The lowest BCUT2D eigenvalue weighted by molar-refractivity contribution is -0.119. The molecule has 13 heavy (non-hydrogen) atoms. The van der Waals surface area contributed by atoms with Gasteiger partial charge in [0.05, 0.1) is 0 Å². The van der Waals surface area contributed by atoms with Crippen LogP contribution in [0.1, 0.15) is 12.5 Å². The largest absolute Gasteiger partial charge is 0.352 e. The van der Waals surface area contributed by atoms with Crippen LogP contribution in [0, 0.1) is 0 Å². The van der Waals surface area contributed by atoms with Gasteiger partial charge in [-0.05, 0) is 23.8 Å². The van der Waals surface area contributed by atoms with Crippen LogP contribution in [0.15, 0.2) is 18.2 Å². The van der Waals surface area contributed by atoms with Gasteiger partial charge in [0, 0.05) is 23.5 Å². The van der Waals surface area contributed by atoms with Crippen molar-refractivity contribution in [1.82, 2.24) is 5.32 Å². The third kappa shape index (κ3) is 3.66. The van der Waals surface area contributed by atoms with Crippen molar-refractivity contribution in [3.63, 3.8) is 0 Å². The quantitative estimate of drug-likeness (QED) is 0.812. The lowest BCUT2D eigenvalue weighted by atomic mass is 10.2. The van der Waals surface area contributed by atoms with Crippen LogP contribution in [-0.2, 0) is 11.3 Å². The number of hydrogen-bond acceptors (Lipinski definition) is 1. The molecular formula is C9H9Cl2NO. The van der Waals surface area contributed by atoms with E-state index < -0.39 is 0 Å². The lowest BCUT2D eigenvalue weighted by Crippen LogP contribution is -2.18. The van der Waals surface area contributed by atoms with E-state index in [1.807, 2.05) is 0 Å². The summed E-state index contributed by atoms with van der Waals surface area (Å²) in [4.78, 5) is 10.6. The van der Waals surface area contributed by atoms with Gasteiger partial charge in [-0.1, -0.05) is 23.2 Å². The van der Waals surface area contributed by atoms with E-state index in [4.69, 9.17) is 23.2 Å². The number of benzene rings is 1. The molecule has 0 aliphatic carbocycles. The van der Waals surface area contributed by atoms with Gasteiger partial charge in [-0.15, -0.1) is 0 Å². The molecule has 2 nitrogen and oxygen atoms in total. The van der Waals surface area contributed by atoms with Crippen molar-refractivity contribution in [2.45, 2.75) is 13.5 Å². The van der Waals surface area contributed by atoms with Gasteiger partial charge in [0.2, 0.25) is 5.91 Å². The first-order chi connectivity index (χ1) is 6.08. The molecule has 0 bridgehead atoms. The Balaban J connectivity index is 2.71. The van der Waals surface area contributed by atoms with Gasteiger partial charge in [-0.3, -0.25) is 4.79 Å². The highest BCUT2D eigenvalue weighted by atomic mass is 35.5. The minimum atomic E-state index is -0.0731. The second-order valence-electron chi connectivity index (χ2n) is 2.69. The van der Waals surface area contributed by atoms with Crippen LogP contribution in [0.3, 0.4) is 0 Å². The molecule has 70 valence electrons. The van der Waals surface area contributed by atoms with Gasteiger partial charge in [0.1, 0.15) is 0 Å². The minimum absolute atomic E-state index is 0.0731. The maximum absolute atomic E-state index is 10.6. The third-order valence-corrected chi connectivity index (χ3v) is 1.90. The SMILES string of the molecule is CC(=O)NCc1cc(Cl)cc(Cl)c1. The standard InChI is InChI=1S/C9H9Cl2NO/c1-6(13)12-5-7-2-8(10)4-9(11)3-7/h2-4H,5H2,1H3,(H,12,13). The monoisotopic (exact) mass is 217 g/mol. The zero-order chi connectivity index (χ0) is 9.84. The van der Waals surface area contributed by atoms with Crippen molar-refractivity contribution in [3.8, 4) is 0 Å². The summed E-state index contributed by atoms with van der Waals surface area (Å²) in [5, 5.41) is 3.81. The highest BCUT2D eigenvalue weighted by Gasteiger charge is 1.98. The maximum Gasteiger partial charge on any atom is 0.217 e. The van der Waals surface area contributed by atoms with Crippen LogP contribution < -0.4 is 5.32 Å². The highest BCUT2D eigenvalue weighted by molar-refractivity contribution is 6.34. The summed E-state index contributed by atoms with van der Waals surface area (Å²) in [5.41, 5.74) is 0.896. The molecule has 0 fully saturated rings. The van der Waals surface area contributed by atoms with E-state index in [2.05, 4.69) is 5.32 Å².